The molecule has 0 saturated heterocycles. The van der Waals surface area contributed by atoms with Crippen molar-refractivity contribution in [1.29, 1.82) is 0 Å². The minimum Gasteiger partial charge on any atom is -0.376 e. The molecular formula is C17H17ClFN3O2. The first-order valence-electron chi connectivity index (χ1n) is 7.22. The second kappa shape index (κ2) is 7.79. The normalized spacial score (nSPS) is 10.2. The fraction of sp³-hybridized carbons (Fsp3) is 0.176. The first kappa shape index (κ1) is 17.7. The van der Waals surface area contributed by atoms with Crippen LogP contribution in [0.2, 0.25) is 5.02 Å². The van der Waals surface area contributed by atoms with Crippen molar-refractivity contribution in [2.45, 2.75) is 13.8 Å². The molecular weight excluding hydrogens is 333 g/mol. The van der Waals surface area contributed by atoms with E-state index in [1.165, 1.54) is 25.1 Å². The van der Waals surface area contributed by atoms with E-state index in [-0.39, 0.29) is 24.0 Å². The van der Waals surface area contributed by atoms with Crippen LogP contribution in [0, 0.1) is 12.7 Å². The Balaban J connectivity index is 1.97. The van der Waals surface area contributed by atoms with Gasteiger partial charge in [0.1, 0.15) is 5.82 Å². The molecule has 0 radical (unpaired) electrons. The van der Waals surface area contributed by atoms with Gasteiger partial charge in [-0.3, -0.25) is 9.59 Å². The molecule has 0 atom stereocenters. The molecule has 2 aromatic carbocycles. The molecule has 0 aliphatic heterocycles. The van der Waals surface area contributed by atoms with Crippen molar-refractivity contribution in [3.05, 3.63) is 52.8 Å². The number of anilines is 3. The molecule has 0 unspecified atom stereocenters. The molecule has 0 aliphatic rings. The van der Waals surface area contributed by atoms with Gasteiger partial charge in [0.15, 0.2) is 0 Å². The van der Waals surface area contributed by atoms with Gasteiger partial charge in [0.05, 0.1) is 12.2 Å². The molecule has 24 heavy (non-hydrogen) atoms. The molecule has 7 heteroatoms. The van der Waals surface area contributed by atoms with E-state index in [2.05, 4.69) is 16.0 Å². The Morgan fingerprint density at radius 2 is 1.83 bits per heavy atom. The van der Waals surface area contributed by atoms with E-state index < -0.39 is 5.82 Å². The summed E-state index contributed by atoms with van der Waals surface area (Å²) in [6.07, 6.45) is 0. The molecule has 126 valence electrons. The number of amides is 2. The second-order valence-corrected chi connectivity index (χ2v) is 5.67. The minimum absolute atomic E-state index is 0.00674. The van der Waals surface area contributed by atoms with Gasteiger partial charge in [-0.15, -0.1) is 0 Å². The van der Waals surface area contributed by atoms with Gasteiger partial charge in [0, 0.05) is 23.3 Å². The lowest BCUT2D eigenvalue weighted by atomic mass is 10.2. The lowest BCUT2D eigenvalue weighted by Crippen LogP contribution is -2.22. The molecule has 0 fully saturated rings. The standard InChI is InChI=1S/C17H17ClFN3O2/c1-10-7-12(18)3-6-15(10)22-17(24)9-20-13-4-5-14(19)16(8-13)21-11(2)23/h3-8,20H,9H2,1-2H3,(H,21,23)(H,22,24). The number of carbonyl (C=O) groups is 2. The van der Waals surface area contributed by atoms with Gasteiger partial charge in [0.2, 0.25) is 11.8 Å². The Morgan fingerprint density at radius 1 is 1.08 bits per heavy atom. The number of rotatable bonds is 5. The Morgan fingerprint density at radius 3 is 2.50 bits per heavy atom. The molecule has 3 N–H and O–H groups in total. The highest BCUT2D eigenvalue weighted by Crippen LogP contribution is 2.21. The summed E-state index contributed by atoms with van der Waals surface area (Å²) in [6, 6.07) is 9.30. The van der Waals surface area contributed by atoms with Crippen LogP contribution in [0.15, 0.2) is 36.4 Å². The van der Waals surface area contributed by atoms with Gasteiger partial charge >= 0.3 is 0 Å². The molecule has 0 heterocycles. The molecule has 0 saturated carbocycles. The van der Waals surface area contributed by atoms with E-state index in [0.29, 0.717) is 16.4 Å². The van der Waals surface area contributed by atoms with Crippen molar-refractivity contribution < 1.29 is 14.0 Å². The maximum atomic E-state index is 13.6. The zero-order chi connectivity index (χ0) is 17.7. The highest BCUT2D eigenvalue weighted by atomic mass is 35.5. The van der Waals surface area contributed by atoms with Crippen molar-refractivity contribution in [1.82, 2.24) is 0 Å². The smallest absolute Gasteiger partial charge is 0.243 e. The Bertz CT molecular complexity index is 780. The maximum absolute atomic E-state index is 13.6. The SMILES string of the molecule is CC(=O)Nc1cc(NCC(=O)Nc2ccc(Cl)cc2C)ccc1F. The third kappa shape index (κ3) is 4.96. The van der Waals surface area contributed by atoms with Crippen LogP contribution in [-0.4, -0.2) is 18.4 Å². The van der Waals surface area contributed by atoms with Crippen LogP contribution in [0.3, 0.4) is 0 Å². The predicted octanol–water partition coefficient (Wildman–Crippen LogP) is 3.80. The van der Waals surface area contributed by atoms with Crippen molar-refractivity contribution in [2.24, 2.45) is 0 Å². The van der Waals surface area contributed by atoms with Crippen LogP contribution >= 0.6 is 11.6 Å². The first-order chi connectivity index (χ1) is 11.3. The molecule has 2 rings (SSSR count). The summed E-state index contributed by atoms with van der Waals surface area (Å²) in [4.78, 5) is 23.0. The number of benzene rings is 2. The highest BCUT2D eigenvalue weighted by molar-refractivity contribution is 6.30. The first-order valence-corrected chi connectivity index (χ1v) is 7.60. The molecule has 0 spiro atoms. The molecule has 2 aromatic rings. The largest absolute Gasteiger partial charge is 0.376 e. The second-order valence-electron chi connectivity index (χ2n) is 5.24. The quantitative estimate of drug-likeness (QED) is 0.769. The van der Waals surface area contributed by atoms with Crippen LogP contribution < -0.4 is 16.0 Å². The predicted molar refractivity (Wildman–Crippen MR) is 94.0 cm³/mol. The monoisotopic (exact) mass is 349 g/mol. The van der Waals surface area contributed by atoms with E-state index in [1.54, 1.807) is 18.2 Å². The maximum Gasteiger partial charge on any atom is 0.243 e. The van der Waals surface area contributed by atoms with E-state index in [1.807, 2.05) is 6.92 Å². The van der Waals surface area contributed by atoms with E-state index >= 15 is 0 Å². The lowest BCUT2D eigenvalue weighted by Gasteiger charge is -2.11. The number of nitrogens with one attached hydrogen (secondary N) is 3. The Labute approximate surface area is 144 Å². The van der Waals surface area contributed by atoms with Gasteiger partial charge in [-0.1, -0.05) is 11.6 Å². The summed E-state index contributed by atoms with van der Waals surface area (Å²) in [5, 5.41) is 8.63. The van der Waals surface area contributed by atoms with E-state index in [9.17, 15) is 14.0 Å². The van der Waals surface area contributed by atoms with E-state index in [0.717, 1.165) is 5.56 Å². The van der Waals surface area contributed by atoms with Gasteiger partial charge in [-0.25, -0.2) is 4.39 Å². The van der Waals surface area contributed by atoms with Crippen molar-refractivity contribution in [3.8, 4) is 0 Å². The Hall–Kier alpha value is -2.60. The average Bonchev–Trinajstić information content (AvgIpc) is 2.50. The zero-order valence-corrected chi connectivity index (χ0v) is 14.0. The third-order valence-corrected chi connectivity index (χ3v) is 3.43. The topological polar surface area (TPSA) is 70.2 Å². The summed E-state index contributed by atoms with van der Waals surface area (Å²) in [5.41, 5.74) is 2.10. The van der Waals surface area contributed by atoms with Crippen LogP contribution in [0.5, 0.6) is 0 Å². The summed E-state index contributed by atoms with van der Waals surface area (Å²) < 4.78 is 13.6. The van der Waals surface area contributed by atoms with Crippen molar-refractivity contribution in [2.75, 3.05) is 22.5 Å². The molecule has 5 nitrogen and oxygen atoms in total. The van der Waals surface area contributed by atoms with Crippen LogP contribution in [-0.2, 0) is 9.59 Å². The minimum atomic E-state index is -0.544. The van der Waals surface area contributed by atoms with Crippen molar-refractivity contribution >= 4 is 40.5 Å². The molecule has 0 aliphatic carbocycles. The third-order valence-electron chi connectivity index (χ3n) is 3.19. The number of aryl methyl sites for hydroxylation is 1. The molecule has 0 aromatic heterocycles. The van der Waals surface area contributed by atoms with Gasteiger partial charge in [-0.2, -0.15) is 0 Å². The fourth-order valence-corrected chi connectivity index (χ4v) is 2.29. The number of hydrogen-bond acceptors (Lipinski definition) is 3. The summed E-state index contributed by atoms with van der Waals surface area (Å²) >= 11 is 5.87. The lowest BCUT2D eigenvalue weighted by molar-refractivity contribution is -0.115. The van der Waals surface area contributed by atoms with Gasteiger partial charge in [0.25, 0.3) is 0 Å². The van der Waals surface area contributed by atoms with Gasteiger partial charge in [-0.05, 0) is 48.9 Å². The summed E-state index contributed by atoms with van der Waals surface area (Å²) in [5.74, 6) is -1.18. The van der Waals surface area contributed by atoms with E-state index in [4.69, 9.17) is 11.6 Å². The highest BCUT2D eigenvalue weighted by Gasteiger charge is 2.08. The molecule has 2 amide bonds. The van der Waals surface area contributed by atoms with Crippen LogP contribution in [0.1, 0.15) is 12.5 Å². The van der Waals surface area contributed by atoms with Crippen LogP contribution in [0.4, 0.5) is 21.5 Å². The number of carbonyl (C=O) groups excluding carboxylic acids is 2. The fourth-order valence-electron chi connectivity index (χ4n) is 2.06. The number of hydrogen-bond donors (Lipinski definition) is 3. The number of halogens is 2. The zero-order valence-electron chi connectivity index (χ0n) is 13.2. The molecule has 0 bridgehead atoms. The average molecular weight is 350 g/mol. The Kier molecular flexibility index (Phi) is 5.76. The van der Waals surface area contributed by atoms with Gasteiger partial charge < -0.3 is 16.0 Å². The summed E-state index contributed by atoms with van der Waals surface area (Å²) in [6.45, 7) is 3.13. The van der Waals surface area contributed by atoms with Crippen LogP contribution in [0.25, 0.3) is 0 Å². The van der Waals surface area contributed by atoms with Crippen molar-refractivity contribution in [3.63, 3.8) is 0 Å². The summed E-state index contributed by atoms with van der Waals surface area (Å²) in [7, 11) is 0.